The van der Waals surface area contributed by atoms with Gasteiger partial charge in [-0.1, -0.05) is 0 Å². The standard InChI is InChI=1S/C16H18N4O2/c17-9-1-3-11(19-13(9)15(21)5-6-15)12-4-2-10(18)14(20-12)16(22)7-8-16/h1-4,21-22H,5-8,17-18H2. The van der Waals surface area contributed by atoms with E-state index in [1.807, 2.05) is 0 Å². The number of nitrogen functional groups attached to an aromatic ring is 2. The van der Waals surface area contributed by atoms with Gasteiger partial charge in [0.1, 0.15) is 11.2 Å². The Morgan fingerprint density at radius 2 is 1.09 bits per heavy atom. The van der Waals surface area contributed by atoms with Crippen LogP contribution in [0.5, 0.6) is 0 Å². The fourth-order valence-corrected chi connectivity index (χ4v) is 2.68. The molecule has 0 spiro atoms. The van der Waals surface area contributed by atoms with Gasteiger partial charge >= 0.3 is 0 Å². The van der Waals surface area contributed by atoms with Crippen molar-refractivity contribution in [2.24, 2.45) is 0 Å². The van der Waals surface area contributed by atoms with Crippen molar-refractivity contribution in [2.45, 2.75) is 36.9 Å². The third-order valence-electron chi connectivity index (χ3n) is 4.44. The lowest BCUT2D eigenvalue weighted by molar-refractivity contribution is 0.146. The van der Waals surface area contributed by atoms with E-state index >= 15 is 0 Å². The molecule has 0 saturated heterocycles. The lowest BCUT2D eigenvalue weighted by Gasteiger charge is -2.14. The first kappa shape index (κ1) is 13.5. The molecule has 2 fully saturated rings. The summed E-state index contributed by atoms with van der Waals surface area (Å²) < 4.78 is 0. The van der Waals surface area contributed by atoms with Gasteiger partial charge in [-0.25, -0.2) is 9.97 Å². The maximum absolute atomic E-state index is 10.3. The van der Waals surface area contributed by atoms with E-state index in [9.17, 15) is 10.2 Å². The lowest BCUT2D eigenvalue weighted by atomic mass is 10.1. The minimum atomic E-state index is -0.897. The molecule has 6 heteroatoms. The van der Waals surface area contributed by atoms with Gasteiger partial charge in [0.05, 0.1) is 34.2 Å². The number of rotatable bonds is 3. The molecule has 4 rings (SSSR count). The Hall–Kier alpha value is -2.18. The number of aromatic nitrogens is 2. The molecule has 0 unspecified atom stereocenters. The van der Waals surface area contributed by atoms with Gasteiger partial charge < -0.3 is 21.7 Å². The van der Waals surface area contributed by atoms with Crippen LogP contribution < -0.4 is 11.5 Å². The molecule has 0 amide bonds. The highest BCUT2D eigenvalue weighted by atomic mass is 16.3. The van der Waals surface area contributed by atoms with E-state index in [-0.39, 0.29) is 0 Å². The number of hydrogen-bond donors (Lipinski definition) is 4. The summed E-state index contributed by atoms with van der Waals surface area (Å²) in [5.74, 6) is 0. The van der Waals surface area contributed by atoms with E-state index in [1.54, 1.807) is 24.3 Å². The van der Waals surface area contributed by atoms with Crippen molar-refractivity contribution in [1.29, 1.82) is 0 Å². The Bertz CT molecular complexity index is 701. The summed E-state index contributed by atoms with van der Waals surface area (Å²) in [5, 5.41) is 20.5. The lowest BCUT2D eigenvalue weighted by Crippen LogP contribution is -2.13. The second kappa shape index (κ2) is 4.18. The second-order valence-corrected chi connectivity index (χ2v) is 6.33. The maximum atomic E-state index is 10.3. The van der Waals surface area contributed by atoms with Crippen LogP contribution in [-0.4, -0.2) is 20.2 Å². The number of nitrogens with zero attached hydrogens (tertiary/aromatic N) is 2. The van der Waals surface area contributed by atoms with Crippen LogP contribution >= 0.6 is 0 Å². The van der Waals surface area contributed by atoms with Gasteiger partial charge in [0.15, 0.2) is 0 Å². The Morgan fingerprint density at radius 3 is 1.41 bits per heavy atom. The second-order valence-electron chi connectivity index (χ2n) is 6.33. The normalized spacial score (nSPS) is 20.6. The zero-order valence-corrected chi connectivity index (χ0v) is 12.1. The Morgan fingerprint density at radius 1 is 0.727 bits per heavy atom. The summed E-state index contributed by atoms with van der Waals surface area (Å²) in [6, 6.07) is 7.00. The van der Waals surface area contributed by atoms with E-state index in [2.05, 4.69) is 9.97 Å². The van der Waals surface area contributed by atoms with Crippen LogP contribution in [0.4, 0.5) is 11.4 Å². The van der Waals surface area contributed by atoms with Gasteiger partial charge in [0.25, 0.3) is 0 Å². The average Bonchev–Trinajstić information content (AvgIpc) is 3.41. The Balaban J connectivity index is 1.79. The molecule has 114 valence electrons. The molecule has 2 saturated carbocycles. The summed E-state index contributed by atoms with van der Waals surface area (Å²) in [6.07, 6.45) is 2.70. The number of hydrogen-bond acceptors (Lipinski definition) is 6. The zero-order valence-electron chi connectivity index (χ0n) is 12.1. The molecule has 2 aliphatic rings. The smallest absolute Gasteiger partial charge is 0.109 e. The maximum Gasteiger partial charge on any atom is 0.109 e. The van der Waals surface area contributed by atoms with E-state index < -0.39 is 11.2 Å². The van der Waals surface area contributed by atoms with Crippen molar-refractivity contribution in [1.82, 2.24) is 9.97 Å². The first-order chi connectivity index (χ1) is 10.4. The van der Waals surface area contributed by atoms with Crippen molar-refractivity contribution in [3.8, 4) is 11.4 Å². The molecule has 0 aromatic carbocycles. The Kier molecular flexibility index (Phi) is 2.56. The van der Waals surface area contributed by atoms with Crippen LogP contribution in [0, 0.1) is 0 Å². The number of aliphatic hydroxyl groups is 2. The molecule has 0 atom stereocenters. The van der Waals surface area contributed by atoms with Crippen LogP contribution in [0.2, 0.25) is 0 Å². The number of nitrogens with two attached hydrogens (primary N) is 2. The Labute approximate surface area is 127 Å². The zero-order chi connectivity index (χ0) is 15.5. The van der Waals surface area contributed by atoms with Crippen LogP contribution in [0.3, 0.4) is 0 Å². The largest absolute Gasteiger partial charge is 0.397 e. The van der Waals surface area contributed by atoms with Crippen LogP contribution in [0.15, 0.2) is 24.3 Å². The minimum absolute atomic E-state index is 0.486. The van der Waals surface area contributed by atoms with Crippen LogP contribution in [0.1, 0.15) is 37.1 Å². The highest BCUT2D eigenvalue weighted by molar-refractivity contribution is 5.63. The molecule has 2 aromatic rings. The van der Waals surface area contributed by atoms with E-state index in [0.29, 0.717) is 59.8 Å². The number of anilines is 2. The monoisotopic (exact) mass is 298 g/mol. The van der Waals surface area contributed by atoms with Crippen molar-refractivity contribution in [3.05, 3.63) is 35.7 Å². The summed E-state index contributed by atoms with van der Waals surface area (Å²) in [4.78, 5) is 8.98. The highest BCUT2D eigenvalue weighted by Gasteiger charge is 2.46. The van der Waals surface area contributed by atoms with E-state index in [1.165, 1.54) is 0 Å². The van der Waals surface area contributed by atoms with Gasteiger partial charge in [-0.3, -0.25) is 0 Å². The van der Waals surface area contributed by atoms with Crippen molar-refractivity contribution < 1.29 is 10.2 Å². The first-order valence-electron chi connectivity index (χ1n) is 7.40. The average molecular weight is 298 g/mol. The predicted molar refractivity (Wildman–Crippen MR) is 82.6 cm³/mol. The van der Waals surface area contributed by atoms with Gasteiger partial charge in [0, 0.05) is 0 Å². The first-order valence-corrected chi connectivity index (χ1v) is 7.40. The van der Waals surface area contributed by atoms with Crippen LogP contribution in [0.25, 0.3) is 11.4 Å². The van der Waals surface area contributed by atoms with Crippen molar-refractivity contribution in [2.75, 3.05) is 11.5 Å². The van der Waals surface area contributed by atoms with Crippen molar-refractivity contribution >= 4 is 11.4 Å². The molecule has 22 heavy (non-hydrogen) atoms. The molecular formula is C16H18N4O2. The molecule has 2 aliphatic carbocycles. The fraction of sp³-hybridized carbons (Fsp3) is 0.375. The summed E-state index contributed by atoms with van der Waals surface area (Å²) >= 11 is 0. The molecule has 6 nitrogen and oxygen atoms in total. The molecule has 0 aliphatic heterocycles. The minimum Gasteiger partial charge on any atom is -0.397 e. The third kappa shape index (κ3) is 2.03. The third-order valence-corrected chi connectivity index (χ3v) is 4.44. The van der Waals surface area contributed by atoms with Crippen molar-refractivity contribution in [3.63, 3.8) is 0 Å². The molecular weight excluding hydrogens is 280 g/mol. The SMILES string of the molecule is Nc1ccc(-c2ccc(N)c(C3(O)CC3)n2)nc1C1(O)CC1. The molecule has 2 heterocycles. The quantitative estimate of drug-likeness (QED) is 0.677. The van der Waals surface area contributed by atoms with Gasteiger partial charge in [0.2, 0.25) is 0 Å². The summed E-state index contributed by atoms with van der Waals surface area (Å²) in [7, 11) is 0. The molecule has 0 bridgehead atoms. The summed E-state index contributed by atoms with van der Waals surface area (Å²) in [6.45, 7) is 0. The van der Waals surface area contributed by atoms with Gasteiger partial charge in [-0.05, 0) is 49.9 Å². The topological polar surface area (TPSA) is 118 Å². The summed E-state index contributed by atoms with van der Waals surface area (Å²) in [5.41, 5.74) is 13.3. The predicted octanol–water partition coefficient (Wildman–Crippen LogP) is 1.27. The fourth-order valence-electron chi connectivity index (χ4n) is 2.68. The molecule has 0 radical (unpaired) electrons. The van der Waals surface area contributed by atoms with E-state index in [4.69, 9.17) is 11.5 Å². The highest BCUT2D eigenvalue weighted by Crippen LogP contribution is 2.48. The number of pyridine rings is 2. The van der Waals surface area contributed by atoms with Gasteiger partial charge in [-0.15, -0.1) is 0 Å². The molecule has 6 N–H and O–H groups in total. The van der Waals surface area contributed by atoms with E-state index in [0.717, 1.165) is 0 Å². The van der Waals surface area contributed by atoms with Crippen LogP contribution in [-0.2, 0) is 11.2 Å². The van der Waals surface area contributed by atoms with Gasteiger partial charge in [-0.2, -0.15) is 0 Å². The molecule has 2 aromatic heterocycles.